The Hall–Kier alpha value is -2.58. The Balaban J connectivity index is 1.38. The van der Waals surface area contributed by atoms with Gasteiger partial charge in [0.25, 0.3) is 0 Å². The van der Waals surface area contributed by atoms with E-state index >= 15 is 0 Å². The Kier molecular flexibility index (Phi) is 7.32. The van der Waals surface area contributed by atoms with Crippen LogP contribution in [0.4, 0.5) is 5.69 Å². The first-order valence-corrected chi connectivity index (χ1v) is 12.8. The average molecular weight is 501 g/mol. The molecule has 2 heterocycles. The van der Waals surface area contributed by atoms with Crippen LogP contribution in [0.2, 0.25) is 5.02 Å². The Morgan fingerprint density at radius 1 is 1.25 bits per heavy atom. The van der Waals surface area contributed by atoms with Crippen LogP contribution in [0.5, 0.6) is 0 Å². The summed E-state index contributed by atoms with van der Waals surface area (Å²) in [5.74, 6) is 1.37. The number of benzene rings is 2. The molecule has 162 valence electrons. The first kappa shape index (κ1) is 22.6. The molecule has 0 fully saturated rings. The second-order valence-electron chi connectivity index (χ2n) is 6.52. The highest BCUT2D eigenvalue weighted by atomic mass is 35.5. The van der Waals surface area contributed by atoms with Crippen molar-refractivity contribution in [2.45, 2.75) is 28.7 Å². The Labute approximate surface area is 202 Å². The normalized spacial score (nSPS) is 10.9. The fourth-order valence-electron chi connectivity index (χ4n) is 2.92. The molecule has 32 heavy (non-hydrogen) atoms. The van der Waals surface area contributed by atoms with Gasteiger partial charge < -0.3 is 9.88 Å². The lowest BCUT2D eigenvalue weighted by Gasteiger charge is -2.08. The number of carbonyl (C=O) groups excluding carboxylic acids is 1. The molecule has 0 spiro atoms. The third kappa shape index (κ3) is 5.24. The van der Waals surface area contributed by atoms with Crippen molar-refractivity contribution >= 4 is 68.3 Å². The summed E-state index contributed by atoms with van der Waals surface area (Å²) >= 11 is 10.6. The zero-order chi connectivity index (χ0) is 22.5. The first-order valence-electron chi connectivity index (χ1n) is 9.60. The molecule has 0 aliphatic heterocycles. The second-order valence-corrected chi connectivity index (χ2v) is 10.1. The van der Waals surface area contributed by atoms with Gasteiger partial charge in [-0.15, -0.1) is 21.5 Å². The van der Waals surface area contributed by atoms with Gasteiger partial charge in [0.1, 0.15) is 11.9 Å². The molecule has 1 amide bonds. The summed E-state index contributed by atoms with van der Waals surface area (Å²) in [6.45, 7) is 2.71. The van der Waals surface area contributed by atoms with Crippen LogP contribution in [0.3, 0.4) is 0 Å². The highest BCUT2D eigenvalue weighted by Crippen LogP contribution is 2.31. The molecular weight excluding hydrogens is 484 g/mol. The molecule has 0 bridgehead atoms. The molecule has 11 heteroatoms. The minimum absolute atomic E-state index is 0.139. The number of anilines is 1. The quantitative estimate of drug-likeness (QED) is 0.321. The first-order chi connectivity index (χ1) is 15.6. The number of amides is 1. The molecule has 0 aliphatic rings. The van der Waals surface area contributed by atoms with E-state index < -0.39 is 0 Å². The number of halogens is 1. The second kappa shape index (κ2) is 10.4. The van der Waals surface area contributed by atoms with Gasteiger partial charge in [-0.3, -0.25) is 4.79 Å². The number of thioether (sulfide) groups is 2. The summed E-state index contributed by atoms with van der Waals surface area (Å²) in [6.07, 6.45) is 0. The third-order valence-corrected chi connectivity index (χ3v) is 7.79. The summed E-state index contributed by atoms with van der Waals surface area (Å²) in [5.41, 5.74) is 1.76. The molecular formula is C21H17ClN6OS3. The maximum atomic E-state index is 12.4. The fourth-order valence-corrected chi connectivity index (χ4v) is 5.92. The van der Waals surface area contributed by atoms with Crippen molar-refractivity contribution < 1.29 is 4.79 Å². The van der Waals surface area contributed by atoms with Crippen molar-refractivity contribution in [3.63, 3.8) is 0 Å². The monoisotopic (exact) mass is 500 g/mol. The molecule has 0 atom stereocenters. The van der Waals surface area contributed by atoms with Gasteiger partial charge in [-0.25, -0.2) is 4.98 Å². The van der Waals surface area contributed by atoms with Crippen LogP contribution < -0.4 is 5.32 Å². The largest absolute Gasteiger partial charge is 0.324 e. The van der Waals surface area contributed by atoms with E-state index in [0.29, 0.717) is 33.7 Å². The third-order valence-electron chi connectivity index (χ3n) is 4.42. The average Bonchev–Trinajstić information content (AvgIpc) is 3.39. The molecule has 2 aromatic carbocycles. The molecule has 0 saturated carbocycles. The molecule has 7 nitrogen and oxygen atoms in total. The Morgan fingerprint density at radius 3 is 2.88 bits per heavy atom. The smallest absolute Gasteiger partial charge is 0.234 e. The van der Waals surface area contributed by atoms with Gasteiger partial charge in [-0.1, -0.05) is 47.3 Å². The van der Waals surface area contributed by atoms with Crippen molar-refractivity contribution in [2.75, 3.05) is 11.1 Å². The lowest BCUT2D eigenvalue weighted by atomic mass is 10.2. The minimum atomic E-state index is -0.246. The van der Waals surface area contributed by atoms with Gasteiger partial charge >= 0.3 is 0 Å². The predicted molar refractivity (Wildman–Crippen MR) is 130 cm³/mol. The topological polar surface area (TPSA) is 96.5 Å². The van der Waals surface area contributed by atoms with Crippen LogP contribution in [0.1, 0.15) is 18.3 Å². The lowest BCUT2D eigenvalue weighted by Crippen LogP contribution is -2.15. The van der Waals surface area contributed by atoms with Crippen molar-refractivity contribution in [2.24, 2.45) is 0 Å². The van der Waals surface area contributed by atoms with Crippen molar-refractivity contribution in [3.05, 3.63) is 58.9 Å². The van der Waals surface area contributed by atoms with E-state index in [2.05, 4.69) is 26.6 Å². The number of hydrogen-bond acceptors (Lipinski definition) is 8. The standard InChI is InChI=1S/C21H17ClN6OS3/c1-2-28-18(11-31-21-25-15-5-3-4-6-17(15)32-21)26-27-20(28)30-12-19(29)24-16-9-14(22)8-7-13(16)10-23/h3-9H,2,11-12H2,1H3,(H,24,29). The highest BCUT2D eigenvalue weighted by molar-refractivity contribution is 8.00. The molecule has 0 saturated heterocycles. The molecule has 0 unspecified atom stereocenters. The van der Waals surface area contributed by atoms with Gasteiger partial charge in [-0.05, 0) is 37.3 Å². The van der Waals surface area contributed by atoms with E-state index in [1.165, 1.54) is 11.8 Å². The Bertz CT molecular complexity index is 1280. The van der Waals surface area contributed by atoms with Crippen LogP contribution in [0.25, 0.3) is 10.2 Å². The van der Waals surface area contributed by atoms with Crippen LogP contribution in [0.15, 0.2) is 52.0 Å². The van der Waals surface area contributed by atoms with E-state index in [1.807, 2.05) is 35.8 Å². The number of carbonyl (C=O) groups is 1. The van der Waals surface area contributed by atoms with Crippen LogP contribution >= 0.6 is 46.5 Å². The van der Waals surface area contributed by atoms with Gasteiger partial charge in [0, 0.05) is 11.6 Å². The number of nitrogens with zero attached hydrogens (tertiary/aromatic N) is 5. The minimum Gasteiger partial charge on any atom is -0.324 e. The Morgan fingerprint density at radius 2 is 2.09 bits per heavy atom. The lowest BCUT2D eigenvalue weighted by molar-refractivity contribution is -0.113. The van der Waals surface area contributed by atoms with Crippen LogP contribution in [-0.2, 0) is 17.1 Å². The zero-order valence-electron chi connectivity index (χ0n) is 16.9. The van der Waals surface area contributed by atoms with Crippen LogP contribution in [0, 0.1) is 11.3 Å². The molecule has 2 aromatic heterocycles. The number of aromatic nitrogens is 4. The van der Waals surface area contributed by atoms with E-state index in [4.69, 9.17) is 11.6 Å². The van der Waals surface area contributed by atoms with Crippen LogP contribution in [-0.4, -0.2) is 31.4 Å². The van der Waals surface area contributed by atoms with Crippen molar-refractivity contribution in [3.8, 4) is 6.07 Å². The molecule has 1 N–H and O–H groups in total. The fraction of sp³-hybridized carbons (Fsp3) is 0.190. The molecule has 4 rings (SSSR count). The molecule has 0 aliphatic carbocycles. The van der Waals surface area contributed by atoms with Gasteiger partial charge in [0.05, 0.1) is 33.0 Å². The van der Waals surface area contributed by atoms with Crippen molar-refractivity contribution in [1.29, 1.82) is 5.26 Å². The number of para-hydroxylation sites is 1. The predicted octanol–water partition coefficient (Wildman–Crippen LogP) is 5.46. The number of nitriles is 1. The molecule has 4 aromatic rings. The summed E-state index contributed by atoms with van der Waals surface area (Å²) in [5, 5.41) is 21.6. The summed E-state index contributed by atoms with van der Waals surface area (Å²) in [7, 11) is 0. The molecule has 0 radical (unpaired) electrons. The SMILES string of the molecule is CCn1c(CSc2nc3ccccc3s2)nnc1SCC(=O)Nc1cc(Cl)ccc1C#N. The number of fused-ring (bicyclic) bond motifs is 1. The summed E-state index contributed by atoms with van der Waals surface area (Å²) < 4.78 is 4.15. The highest BCUT2D eigenvalue weighted by Gasteiger charge is 2.15. The van der Waals surface area contributed by atoms with E-state index in [0.717, 1.165) is 20.4 Å². The number of thiazole rings is 1. The van der Waals surface area contributed by atoms with E-state index in [-0.39, 0.29) is 11.7 Å². The zero-order valence-corrected chi connectivity index (χ0v) is 20.1. The summed E-state index contributed by atoms with van der Waals surface area (Å²) in [6, 6.07) is 14.9. The van der Waals surface area contributed by atoms with Gasteiger partial charge in [-0.2, -0.15) is 5.26 Å². The number of nitrogens with one attached hydrogen (secondary N) is 1. The van der Waals surface area contributed by atoms with E-state index in [9.17, 15) is 10.1 Å². The van der Waals surface area contributed by atoms with Gasteiger partial charge in [0.2, 0.25) is 5.91 Å². The maximum Gasteiger partial charge on any atom is 0.234 e. The summed E-state index contributed by atoms with van der Waals surface area (Å²) in [4.78, 5) is 17.1. The van der Waals surface area contributed by atoms with Gasteiger partial charge in [0.15, 0.2) is 9.50 Å². The van der Waals surface area contributed by atoms with E-state index in [1.54, 1.807) is 41.3 Å². The number of hydrogen-bond donors (Lipinski definition) is 1. The number of rotatable bonds is 8. The maximum absolute atomic E-state index is 12.4. The van der Waals surface area contributed by atoms with Crippen molar-refractivity contribution in [1.82, 2.24) is 19.7 Å².